The number of fused-ring (bicyclic) bond motifs is 3. The molecule has 0 N–H and O–H groups in total. The third-order valence-corrected chi connectivity index (χ3v) is 3.44. The number of aromatic nitrogens is 1. The first-order valence-corrected chi connectivity index (χ1v) is 4.89. The van der Waals surface area contributed by atoms with E-state index < -0.39 is 0 Å². The van der Waals surface area contributed by atoms with Gasteiger partial charge in [-0.3, -0.25) is 4.98 Å². The molecule has 1 saturated carbocycles. The molecule has 0 aromatic carbocycles. The van der Waals surface area contributed by atoms with Gasteiger partial charge in [0.25, 0.3) is 0 Å². The predicted molar refractivity (Wildman–Crippen MR) is 48.0 cm³/mol. The maximum Gasteiger partial charge on any atom is 0.0441 e. The van der Waals surface area contributed by atoms with Crippen LogP contribution in [0.25, 0.3) is 0 Å². The lowest BCUT2D eigenvalue weighted by atomic mass is 9.97. The van der Waals surface area contributed by atoms with Crippen molar-refractivity contribution in [2.45, 2.75) is 31.6 Å². The zero-order valence-electron chi connectivity index (χ0n) is 7.16. The quantitative estimate of drug-likeness (QED) is 0.567. The predicted octanol–water partition coefficient (Wildman–Crippen LogP) is 2.52. The second kappa shape index (κ2) is 2.32. The molecule has 0 bridgehead atoms. The Morgan fingerprint density at radius 2 is 2.33 bits per heavy atom. The van der Waals surface area contributed by atoms with Gasteiger partial charge in [-0.15, -0.1) is 0 Å². The van der Waals surface area contributed by atoms with Gasteiger partial charge in [-0.25, -0.2) is 0 Å². The summed E-state index contributed by atoms with van der Waals surface area (Å²) >= 11 is 0. The van der Waals surface area contributed by atoms with Crippen LogP contribution in [0.15, 0.2) is 18.3 Å². The van der Waals surface area contributed by atoms with Crippen LogP contribution in [-0.4, -0.2) is 4.98 Å². The van der Waals surface area contributed by atoms with Gasteiger partial charge in [0.05, 0.1) is 0 Å². The fourth-order valence-corrected chi connectivity index (χ4v) is 2.90. The summed E-state index contributed by atoms with van der Waals surface area (Å²) in [5.74, 6) is 1.81. The van der Waals surface area contributed by atoms with Crippen LogP contribution in [-0.2, 0) is 6.42 Å². The van der Waals surface area contributed by atoms with Crippen molar-refractivity contribution < 1.29 is 0 Å². The van der Waals surface area contributed by atoms with Gasteiger partial charge in [-0.1, -0.05) is 12.5 Å². The van der Waals surface area contributed by atoms with Crippen molar-refractivity contribution >= 4 is 0 Å². The van der Waals surface area contributed by atoms with Crippen molar-refractivity contribution in [3.63, 3.8) is 0 Å². The highest BCUT2D eigenvalue weighted by Crippen LogP contribution is 2.47. The molecule has 62 valence electrons. The summed E-state index contributed by atoms with van der Waals surface area (Å²) in [4.78, 5) is 4.44. The van der Waals surface area contributed by atoms with Gasteiger partial charge in [0, 0.05) is 11.9 Å². The van der Waals surface area contributed by atoms with Crippen molar-refractivity contribution in [3.8, 4) is 0 Å². The molecule has 0 unspecified atom stereocenters. The van der Waals surface area contributed by atoms with Crippen LogP contribution in [0.4, 0.5) is 0 Å². The summed E-state index contributed by atoms with van der Waals surface area (Å²) in [7, 11) is 0. The summed E-state index contributed by atoms with van der Waals surface area (Å²) in [6.07, 6.45) is 7.45. The standard InChI is InChI=1S/C11H13N/c1-3-8-7-11-10(9(8)4-1)5-2-6-12-11/h2,5-6,8-9H,1,3-4,7H2/t8-,9-/m1/s1. The van der Waals surface area contributed by atoms with Crippen LogP contribution in [0.5, 0.6) is 0 Å². The van der Waals surface area contributed by atoms with Crippen LogP contribution >= 0.6 is 0 Å². The van der Waals surface area contributed by atoms with Crippen LogP contribution in [0.3, 0.4) is 0 Å². The highest BCUT2D eigenvalue weighted by molar-refractivity contribution is 5.31. The Morgan fingerprint density at radius 3 is 3.33 bits per heavy atom. The topological polar surface area (TPSA) is 12.9 Å². The van der Waals surface area contributed by atoms with E-state index in [0.717, 1.165) is 11.8 Å². The van der Waals surface area contributed by atoms with Gasteiger partial charge < -0.3 is 0 Å². The third kappa shape index (κ3) is 0.767. The first-order chi connectivity index (χ1) is 5.95. The molecule has 0 radical (unpaired) electrons. The Kier molecular flexibility index (Phi) is 1.28. The van der Waals surface area contributed by atoms with Crippen molar-refractivity contribution in [1.82, 2.24) is 4.98 Å². The molecule has 2 aliphatic rings. The molecule has 1 aromatic heterocycles. The zero-order valence-corrected chi connectivity index (χ0v) is 7.16. The second-order valence-corrected chi connectivity index (χ2v) is 4.04. The van der Waals surface area contributed by atoms with Crippen molar-refractivity contribution in [3.05, 3.63) is 29.6 Å². The maximum absolute atomic E-state index is 4.44. The van der Waals surface area contributed by atoms with Gasteiger partial charge in [0.15, 0.2) is 0 Å². The lowest BCUT2D eigenvalue weighted by molar-refractivity contribution is 0.525. The molecule has 0 spiro atoms. The summed E-state index contributed by atoms with van der Waals surface area (Å²) in [5.41, 5.74) is 2.94. The minimum atomic E-state index is 0.869. The third-order valence-electron chi connectivity index (χ3n) is 3.44. The molecule has 1 aromatic rings. The van der Waals surface area contributed by atoms with E-state index in [1.807, 2.05) is 6.20 Å². The highest BCUT2D eigenvalue weighted by atomic mass is 14.7. The Morgan fingerprint density at radius 1 is 1.33 bits per heavy atom. The van der Waals surface area contributed by atoms with E-state index in [2.05, 4.69) is 17.1 Å². The van der Waals surface area contributed by atoms with Gasteiger partial charge in [-0.05, 0) is 42.7 Å². The van der Waals surface area contributed by atoms with E-state index in [9.17, 15) is 0 Å². The SMILES string of the molecule is c1cnc2c(c1)[C@@H]1CCC[C@@H]1C2. The Bertz CT molecular complexity index is 306. The molecule has 0 saturated heterocycles. The Hall–Kier alpha value is -0.850. The molecular weight excluding hydrogens is 146 g/mol. The number of hydrogen-bond donors (Lipinski definition) is 0. The number of pyridine rings is 1. The lowest BCUT2D eigenvalue weighted by Gasteiger charge is -2.07. The van der Waals surface area contributed by atoms with E-state index in [0.29, 0.717) is 0 Å². The monoisotopic (exact) mass is 159 g/mol. The van der Waals surface area contributed by atoms with Crippen LogP contribution < -0.4 is 0 Å². The smallest absolute Gasteiger partial charge is 0.0441 e. The van der Waals surface area contributed by atoms with E-state index in [1.165, 1.54) is 31.4 Å². The van der Waals surface area contributed by atoms with Crippen LogP contribution in [0, 0.1) is 5.92 Å². The molecular formula is C11H13N. The average molecular weight is 159 g/mol. The van der Waals surface area contributed by atoms with E-state index in [4.69, 9.17) is 0 Å². The van der Waals surface area contributed by atoms with Crippen molar-refractivity contribution in [2.24, 2.45) is 5.92 Å². The zero-order chi connectivity index (χ0) is 7.97. The lowest BCUT2D eigenvalue weighted by Crippen LogP contribution is -1.97. The first kappa shape index (κ1) is 6.64. The Balaban J connectivity index is 2.09. The van der Waals surface area contributed by atoms with Crippen molar-refractivity contribution in [1.29, 1.82) is 0 Å². The Labute approximate surface area is 72.8 Å². The number of rotatable bonds is 0. The number of hydrogen-bond acceptors (Lipinski definition) is 1. The van der Waals surface area contributed by atoms with Crippen LogP contribution in [0.2, 0.25) is 0 Å². The summed E-state index contributed by atoms with van der Waals surface area (Å²) in [6.45, 7) is 0. The fraction of sp³-hybridized carbons (Fsp3) is 0.545. The molecule has 12 heavy (non-hydrogen) atoms. The fourth-order valence-electron chi connectivity index (χ4n) is 2.90. The molecule has 1 fully saturated rings. The molecule has 1 heteroatoms. The first-order valence-electron chi connectivity index (χ1n) is 4.89. The molecule has 0 aliphatic heterocycles. The number of nitrogens with zero attached hydrogens (tertiary/aromatic N) is 1. The average Bonchev–Trinajstić information content (AvgIpc) is 2.62. The molecule has 3 rings (SSSR count). The van der Waals surface area contributed by atoms with Gasteiger partial charge >= 0.3 is 0 Å². The molecule has 1 nitrogen and oxygen atoms in total. The molecule has 0 amide bonds. The second-order valence-electron chi connectivity index (χ2n) is 4.04. The van der Waals surface area contributed by atoms with Gasteiger partial charge in [0.1, 0.15) is 0 Å². The van der Waals surface area contributed by atoms with Crippen LogP contribution in [0.1, 0.15) is 36.4 Å². The van der Waals surface area contributed by atoms with Crippen molar-refractivity contribution in [2.75, 3.05) is 0 Å². The molecule has 2 aliphatic carbocycles. The highest BCUT2D eigenvalue weighted by Gasteiger charge is 2.36. The largest absolute Gasteiger partial charge is 0.261 e. The summed E-state index contributed by atoms with van der Waals surface area (Å²) < 4.78 is 0. The summed E-state index contributed by atoms with van der Waals surface area (Å²) in [5, 5.41) is 0. The minimum absolute atomic E-state index is 0.869. The van der Waals surface area contributed by atoms with Gasteiger partial charge in [-0.2, -0.15) is 0 Å². The molecule has 2 atom stereocenters. The van der Waals surface area contributed by atoms with E-state index in [1.54, 1.807) is 5.56 Å². The summed E-state index contributed by atoms with van der Waals surface area (Å²) in [6, 6.07) is 4.36. The minimum Gasteiger partial charge on any atom is -0.261 e. The normalized spacial score (nSPS) is 31.7. The maximum atomic E-state index is 4.44. The van der Waals surface area contributed by atoms with Gasteiger partial charge in [0.2, 0.25) is 0 Å². The van der Waals surface area contributed by atoms with E-state index in [-0.39, 0.29) is 0 Å². The van der Waals surface area contributed by atoms with E-state index >= 15 is 0 Å². The molecule has 1 heterocycles.